The number of amides is 1. The molecule has 2 N–H and O–H groups in total. The van der Waals surface area contributed by atoms with E-state index in [1.165, 1.54) is 11.1 Å². The van der Waals surface area contributed by atoms with Gasteiger partial charge >= 0.3 is 0 Å². The summed E-state index contributed by atoms with van der Waals surface area (Å²) in [7, 11) is 2.13. The molecular formula is C31H50N4O. The highest BCUT2D eigenvalue weighted by atomic mass is 16.2. The first-order valence-corrected chi connectivity index (χ1v) is 13.2. The van der Waals surface area contributed by atoms with E-state index < -0.39 is 0 Å². The van der Waals surface area contributed by atoms with Crippen LogP contribution in [0.5, 0.6) is 0 Å². The van der Waals surface area contributed by atoms with Gasteiger partial charge in [-0.05, 0) is 83.5 Å². The Kier molecular flexibility index (Phi) is 12.4. The van der Waals surface area contributed by atoms with E-state index in [2.05, 4.69) is 102 Å². The minimum absolute atomic E-state index is 0.0863. The van der Waals surface area contributed by atoms with Crippen molar-refractivity contribution in [2.45, 2.75) is 100 Å². The highest BCUT2D eigenvalue weighted by Gasteiger charge is 2.30. The second kappa shape index (κ2) is 14.2. The Labute approximate surface area is 220 Å². The van der Waals surface area contributed by atoms with Crippen LogP contribution in [0.25, 0.3) is 0 Å². The van der Waals surface area contributed by atoms with E-state index in [-0.39, 0.29) is 17.4 Å². The van der Waals surface area contributed by atoms with Gasteiger partial charge < -0.3 is 10.6 Å². The molecule has 1 amide bonds. The molecule has 0 spiro atoms. The van der Waals surface area contributed by atoms with E-state index in [1.54, 1.807) is 6.08 Å². The quantitative estimate of drug-likeness (QED) is 0.351. The highest BCUT2D eigenvalue weighted by molar-refractivity contribution is 6.01. The second-order valence-corrected chi connectivity index (χ2v) is 10.9. The lowest BCUT2D eigenvalue weighted by Crippen LogP contribution is -2.49. The van der Waals surface area contributed by atoms with Crippen molar-refractivity contribution in [1.29, 1.82) is 0 Å². The van der Waals surface area contributed by atoms with Gasteiger partial charge in [0.25, 0.3) is 5.91 Å². The van der Waals surface area contributed by atoms with Crippen molar-refractivity contribution in [3.63, 3.8) is 0 Å². The summed E-state index contributed by atoms with van der Waals surface area (Å²) in [5.74, 6) is 0.649. The molecule has 1 aliphatic rings. The molecule has 1 aromatic rings. The smallest absolute Gasteiger partial charge is 0.270 e. The van der Waals surface area contributed by atoms with Crippen LogP contribution >= 0.6 is 0 Å². The highest BCUT2D eigenvalue weighted by Crippen LogP contribution is 2.29. The lowest BCUT2D eigenvalue weighted by atomic mass is 9.83. The Morgan fingerprint density at radius 2 is 1.83 bits per heavy atom. The number of nitrogens with zero attached hydrogens (tertiary/aromatic N) is 2. The van der Waals surface area contributed by atoms with E-state index >= 15 is 0 Å². The monoisotopic (exact) mass is 494 g/mol. The molecule has 0 aliphatic carbocycles. The minimum atomic E-state index is -0.161. The van der Waals surface area contributed by atoms with Gasteiger partial charge in [-0.2, -0.15) is 0 Å². The van der Waals surface area contributed by atoms with Crippen LogP contribution in [0.1, 0.15) is 84.4 Å². The third-order valence-corrected chi connectivity index (χ3v) is 7.23. The molecule has 1 unspecified atom stereocenters. The van der Waals surface area contributed by atoms with E-state index in [1.807, 2.05) is 13.8 Å². The summed E-state index contributed by atoms with van der Waals surface area (Å²) in [5.41, 5.74) is 5.81. The SMILES string of the molecule is C=C1NC(C(CCC(C)(C)CC)N(C)C(C)C)=NC(C(=O)NCc2ccc(C)c(C)c2)=C1C.C=CC. The minimum Gasteiger partial charge on any atom is -0.347 e. The molecule has 5 nitrogen and oxygen atoms in total. The average molecular weight is 495 g/mol. The zero-order chi connectivity index (χ0) is 27.6. The predicted octanol–water partition coefficient (Wildman–Crippen LogP) is 6.83. The first-order valence-electron chi connectivity index (χ1n) is 13.2. The van der Waals surface area contributed by atoms with E-state index in [4.69, 9.17) is 4.99 Å². The average Bonchev–Trinajstić information content (AvgIpc) is 2.82. The summed E-state index contributed by atoms with van der Waals surface area (Å²) < 4.78 is 0. The van der Waals surface area contributed by atoms with Crippen LogP contribution in [-0.4, -0.2) is 35.8 Å². The number of rotatable bonds is 10. The van der Waals surface area contributed by atoms with Gasteiger partial charge in [0.05, 0.1) is 6.04 Å². The lowest BCUT2D eigenvalue weighted by Gasteiger charge is -2.36. The molecule has 1 aliphatic heterocycles. The third-order valence-electron chi connectivity index (χ3n) is 7.23. The van der Waals surface area contributed by atoms with Crippen LogP contribution in [0.3, 0.4) is 0 Å². The summed E-state index contributed by atoms with van der Waals surface area (Å²) in [4.78, 5) is 20.3. The lowest BCUT2D eigenvalue weighted by molar-refractivity contribution is -0.117. The van der Waals surface area contributed by atoms with Crippen molar-refractivity contribution in [2.75, 3.05) is 7.05 Å². The van der Waals surface area contributed by atoms with Crippen LogP contribution in [-0.2, 0) is 11.3 Å². The molecule has 1 aromatic carbocycles. The number of hydrogen-bond acceptors (Lipinski definition) is 4. The molecule has 200 valence electrons. The predicted molar refractivity (Wildman–Crippen MR) is 156 cm³/mol. The maximum Gasteiger partial charge on any atom is 0.270 e. The first-order chi connectivity index (χ1) is 16.8. The Bertz CT molecular complexity index is 984. The molecule has 0 saturated heterocycles. The summed E-state index contributed by atoms with van der Waals surface area (Å²) >= 11 is 0. The van der Waals surface area contributed by atoms with Gasteiger partial charge in [-0.25, -0.2) is 4.99 Å². The molecule has 5 heteroatoms. The van der Waals surface area contributed by atoms with Gasteiger partial charge in [0.1, 0.15) is 11.5 Å². The fourth-order valence-corrected chi connectivity index (χ4v) is 3.78. The number of allylic oxidation sites excluding steroid dienone is 2. The maximum absolute atomic E-state index is 13.2. The Hall–Kier alpha value is -2.66. The van der Waals surface area contributed by atoms with Crippen molar-refractivity contribution < 1.29 is 4.79 Å². The number of carbonyl (C=O) groups excluding carboxylic acids is 1. The molecule has 36 heavy (non-hydrogen) atoms. The van der Waals surface area contributed by atoms with Crippen LogP contribution in [0, 0.1) is 19.3 Å². The third kappa shape index (κ3) is 9.09. The molecule has 2 rings (SSSR count). The Morgan fingerprint density at radius 3 is 2.36 bits per heavy atom. The molecule has 0 fully saturated rings. The standard InChI is InChI=1S/C28H44N4O.C3H6/c1-11-28(8,9)15-14-24(32(10)18(2)3)26-30-22(7)21(6)25(31-26)27(33)29-17-23-13-12-19(4)20(5)16-23;1-3-2/h12-13,16,18,24H,7,11,14-15,17H2,1-6,8-10H3,(H,29,33)(H,30,31);3H,1H2,2H3. The van der Waals surface area contributed by atoms with Crippen LogP contribution in [0.4, 0.5) is 0 Å². The number of amidine groups is 1. The van der Waals surface area contributed by atoms with Crippen molar-refractivity contribution in [3.8, 4) is 0 Å². The second-order valence-electron chi connectivity index (χ2n) is 10.9. The topological polar surface area (TPSA) is 56.7 Å². The maximum atomic E-state index is 13.2. The normalized spacial score (nSPS) is 14.7. The number of nitrogens with one attached hydrogen (secondary N) is 2. The van der Waals surface area contributed by atoms with E-state index in [0.29, 0.717) is 18.3 Å². The fourth-order valence-electron chi connectivity index (χ4n) is 3.78. The number of hydrogen-bond donors (Lipinski definition) is 2. The van der Waals surface area contributed by atoms with Crippen molar-refractivity contribution in [1.82, 2.24) is 15.5 Å². The van der Waals surface area contributed by atoms with Gasteiger partial charge in [0, 0.05) is 23.9 Å². The number of aryl methyl sites for hydroxylation is 2. The molecule has 0 bridgehead atoms. The Balaban J connectivity index is 0.00000205. The number of aliphatic imine (C=N–C) groups is 1. The van der Waals surface area contributed by atoms with Gasteiger partial charge in [0.15, 0.2) is 0 Å². The fraction of sp³-hybridized carbons (Fsp3) is 0.548. The number of likely N-dealkylation sites (N-methyl/N-ethyl adjacent to an activating group) is 1. The van der Waals surface area contributed by atoms with Gasteiger partial charge in [-0.15, -0.1) is 6.58 Å². The van der Waals surface area contributed by atoms with Crippen LogP contribution < -0.4 is 10.6 Å². The van der Waals surface area contributed by atoms with E-state index in [0.717, 1.165) is 41.9 Å². The van der Waals surface area contributed by atoms with Gasteiger partial charge in [-0.3, -0.25) is 9.69 Å². The summed E-state index contributed by atoms with van der Waals surface area (Å²) in [5, 5.41) is 6.46. The van der Waals surface area contributed by atoms with Gasteiger partial charge in [0.2, 0.25) is 0 Å². The van der Waals surface area contributed by atoms with Crippen LogP contribution in [0.15, 0.2) is 59.4 Å². The summed E-state index contributed by atoms with van der Waals surface area (Å²) in [6.45, 7) is 27.2. The summed E-state index contributed by atoms with van der Waals surface area (Å²) in [6, 6.07) is 6.71. The van der Waals surface area contributed by atoms with E-state index in [9.17, 15) is 4.79 Å². The zero-order valence-corrected chi connectivity index (χ0v) is 24.5. The molecule has 0 aromatic heterocycles. The largest absolute Gasteiger partial charge is 0.347 e. The molecule has 0 radical (unpaired) electrons. The number of benzene rings is 1. The van der Waals surface area contributed by atoms with Gasteiger partial charge in [-0.1, -0.05) is 58.0 Å². The summed E-state index contributed by atoms with van der Waals surface area (Å²) in [6.07, 6.45) is 4.92. The van der Waals surface area contributed by atoms with Crippen molar-refractivity contribution in [3.05, 3.63) is 71.1 Å². The Morgan fingerprint density at radius 1 is 1.22 bits per heavy atom. The van der Waals surface area contributed by atoms with Crippen molar-refractivity contribution in [2.24, 2.45) is 10.4 Å². The van der Waals surface area contributed by atoms with Crippen molar-refractivity contribution >= 4 is 11.7 Å². The molecule has 1 heterocycles. The first kappa shape index (κ1) is 31.4. The zero-order valence-electron chi connectivity index (χ0n) is 24.5. The molecule has 0 saturated carbocycles. The molecular weight excluding hydrogens is 444 g/mol. The number of carbonyl (C=O) groups is 1. The van der Waals surface area contributed by atoms with Crippen LogP contribution in [0.2, 0.25) is 0 Å². The molecule has 1 atom stereocenters.